The van der Waals surface area contributed by atoms with Crippen LogP contribution in [0.4, 0.5) is 15.8 Å². The van der Waals surface area contributed by atoms with Gasteiger partial charge >= 0.3 is 0 Å². The number of aliphatic imine (C=N–C) groups is 1. The molecule has 1 aliphatic heterocycles. The van der Waals surface area contributed by atoms with Gasteiger partial charge in [-0.1, -0.05) is 19.1 Å². The first-order chi connectivity index (χ1) is 16.3. The highest BCUT2D eigenvalue weighted by molar-refractivity contribution is 5.84. The zero-order chi connectivity index (χ0) is 23.7. The van der Waals surface area contributed by atoms with Crippen LogP contribution in [-0.2, 0) is 5.41 Å². The molecule has 1 unspecified atom stereocenters. The fourth-order valence-electron chi connectivity index (χ4n) is 8.73. The lowest BCUT2D eigenvalue weighted by molar-refractivity contribution is -0.00518. The van der Waals surface area contributed by atoms with E-state index in [-0.39, 0.29) is 11.4 Å². The third-order valence-electron chi connectivity index (χ3n) is 9.69. The summed E-state index contributed by atoms with van der Waals surface area (Å²) in [6, 6.07) is 12.7. The van der Waals surface area contributed by atoms with E-state index in [2.05, 4.69) is 61.9 Å². The molecular formula is C31H39FN2. The average Bonchev–Trinajstić information content (AvgIpc) is 2.77. The molecule has 34 heavy (non-hydrogen) atoms. The maximum atomic E-state index is 15.1. The molecule has 0 radical (unpaired) electrons. The molecule has 0 aromatic heterocycles. The summed E-state index contributed by atoms with van der Waals surface area (Å²) < 4.78 is 15.1. The van der Waals surface area contributed by atoms with E-state index in [0.717, 1.165) is 42.1 Å². The van der Waals surface area contributed by atoms with E-state index in [4.69, 9.17) is 0 Å². The number of benzene rings is 2. The van der Waals surface area contributed by atoms with Crippen LogP contribution in [0.2, 0.25) is 0 Å². The molecule has 5 aliphatic rings. The van der Waals surface area contributed by atoms with Gasteiger partial charge in [0.05, 0.1) is 5.69 Å². The van der Waals surface area contributed by atoms with Crippen LogP contribution in [0.1, 0.15) is 95.2 Å². The first-order valence-electron chi connectivity index (χ1n) is 13.5. The second kappa shape index (κ2) is 7.93. The van der Waals surface area contributed by atoms with Crippen LogP contribution >= 0.6 is 0 Å². The van der Waals surface area contributed by atoms with Crippen molar-refractivity contribution in [1.29, 1.82) is 0 Å². The molecule has 4 saturated carbocycles. The van der Waals surface area contributed by atoms with Crippen LogP contribution in [-0.4, -0.2) is 18.3 Å². The van der Waals surface area contributed by atoms with Gasteiger partial charge in [-0.3, -0.25) is 4.99 Å². The van der Waals surface area contributed by atoms with Crippen LogP contribution in [0.3, 0.4) is 0 Å². The Labute approximate surface area is 204 Å². The summed E-state index contributed by atoms with van der Waals surface area (Å²) in [5.41, 5.74) is 5.75. The number of hydrogen-bond donors (Lipinski definition) is 0. The summed E-state index contributed by atoms with van der Waals surface area (Å²) in [5.74, 6) is 3.07. The van der Waals surface area contributed by atoms with Gasteiger partial charge in [-0.25, -0.2) is 4.39 Å². The first-order valence-corrected chi connectivity index (χ1v) is 13.5. The molecule has 0 N–H and O–H groups in total. The van der Waals surface area contributed by atoms with E-state index in [1.54, 1.807) is 12.3 Å². The standard InChI is InChI=1S/C31H39FN2/c1-5-34-29-14-28(32)24(13-27(29)20(2)15-30(34,3)4)19-33-26-8-6-25(7-9-26)31-16-21-10-22(17-31)12-23(11-21)18-31/h6-9,13-14,19-23H,5,10-12,15-18H2,1-4H3. The first kappa shape index (κ1) is 22.3. The van der Waals surface area contributed by atoms with Crippen LogP contribution in [0, 0.1) is 23.6 Å². The quantitative estimate of drug-likeness (QED) is 0.422. The van der Waals surface area contributed by atoms with Gasteiger partial charge in [-0.15, -0.1) is 0 Å². The topological polar surface area (TPSA) is 15.6 Å². The van der Waals surface area contributed by atoms with Crippen molar-refractivity contribution in [3.63, 3.8) is 0 Å². The Morgan fingerprint density at radius 2 is 1.59 bits per heavy atom. The second-order valence-electron chi connectivity index (χ2n) is 12.6. The van der Waals surface area contributed by atoms with E-state index in [0.29, 0.717) is 16.9 Å². The molecule has 4 aliphatic carbocycles. The molecule has 1 heterocycles. The zero-order valence-electron chi connectivity index (χ0n) is 21.3. The molecule has 0 amide bonds. The van der Waals surface area contributed by atoms with E-state index >= 15 is 4.39 Å². The molecule has 3 heteroatoms. The minimum atomic E-state index is -0.184. The number of hydrogen-bond acceptors (Lipinski definition) is 2. The summed E-state index contributed by atoms with van der Waals surface area (Å²) in [7, 11) is 0. The van der Waals surface area contributed by atoms with Crippen molar-refractivity contribution >= 4 is 17.6 Å². The molecule has 0 spiro atoms. The Balaban J connectivity index is 1.24. The van der Waals surface area contributed by atoms with Crippen molar-refractivity contribution in [3.8, 4) is 0 Å². The van der Waals surface area contributed by atoms with E-state index in [1.165, 1.54) is 49.7 Å². The number of nitrogens with zero attached hydrogens (tertiary/aromatic N) is 2. The van der Waals surface area contributed by atoms with Crippen molar-refractivity contribution in [3.05, 3.63) is 58.9 Å². The van der Waals surface area contributed by atoms with Gasteiger partial charge in [0.1, 0.15) is 5.82 Å². The van der Waals surface area contributed by atoms with Crippen LogP contribution < -0.4 is 4.90 Å². The minimum absolute atomic E-state index is 0.0433. The van der Waals surface area contributed by atoms with Crippen molar-refractivity contribution < 1.29 is 4.39 Å². The number of fused-ring (bicyclic) bond motifs is 1. The van der Waals surface area contributed by atoms with Gasteiger partial charge in [-0.2, -0.15) is 0 Å². The summed E-state index contributed by atoms with van der Waals surface area (Å²) in [4.78, 5) is 7.03. The van der Waals surface area contributed by atoms with Crippen LogP contribution in [0.25, 0.3) is 0 Å². The third-order valence-corrected chi connectivity index (χ3v) is 9.69. The van der Waals surface area contributed by atoms with Crippen molar-refractivity contribution in [2.45, 2.75) is 89.5 Å². The van der Waals surface area contributed by atoms with E-state index < -0.39 is 0 Å². The van der Waals surface area contributed by atoms with E-state index in [1.807, 2.05) is 6.07 Å². The number of rotatable bonds is 4. The highest BCUT2D eigenvalue weighted by Crippen LogP contribution is 2.60. The van der Waals surface area contributed by atoms with Gasteiger partial charge in [-0.05, 0) is 130 Å². The summed E-state index contributed by atoms with van der Waals surface area (Å²) >= 11 is 0. The van der Waals surface area contributed by atoms with Crippen LogP contribution in [0.15, 0.2) is 41.4 Å². The lowest BCUT2D eigenvalue weighted by atomic mass is 9.48. The van der Waals surface area contributed by atoms with Crippen molar-refractivity contribution in [2.75, 3.05) is 11.4 Å². The lowest BCUT2D eigenvalue weighted by Gasteiger charge is -2.57. The number of halogens is 1. The highest BCUT2D eigenvalue weighted by Gasteiger charge is 2.51. The van der Waals surface area contributed by atoms with Gasteiger partial charge in [0.2, 0.25) is 0 Å². The van der Waals surface area contributed by atoms with Crippen molar-refractivity contribution in [2.24, 2.45) is 22.7 Å². The summed E-state index contributed by atoms with van der Waals surface area (Å²) in [5, 5.41) is 0. The zero-order valence-corrected chi connectivity index (χ0v) is 21.3. The smallest absolute Gasteiger partial charge is 0.134 e. The highest BCUT2D eigenvalue weighted by atomic mass is 19.1. The van der Waals surface area contributed by atoms with Gasteiger partial charge in [0.25, 0.3) is 0 Å². The normalized spacial score (nSPS) is 33.5. The fourth-order valence-corrected chi connectivity index (χ4v) is 8.73. The number of anilines is 1. The molecule has 2 aromatic carbocycles. The predicted molar refractivity (Wildman–Crippen MR) is 140 cm³/mol. The molecular weight excluding hydrogens is 419 g/mol. The summed E-state index contributed by atoms with van der Waals surface area (Å²) in [6.45, 7) is 9.82. The molecule has 0 saturated heterocycles. The Bertz CT molecular complexity index is 1080. The Morgan fingerprint density at radius 1 is 0.971 bits per heavy atom. The molecule has 180 valence electrons. The Hall–Kier alpha value is -2.16. The molecule has 1 atom stereocenters. The summed E-state index contributed by atoms with van der Waals surface area (Å²) in [6.07, 6.45) is 11.4. The molecule has 4 fully saturated rings. The molecule has 7 rings (SSSR count). The van der Waals surface area contributed by atoms with Gasteiger partial charge in [0, 0.05) is 29.5 Å². The monoisotopic (exact) mass is 458 g/mol. The maximum absolute atomic E-state index is 15.1. The van der Waals surface area contributed by atoms with Gasteiger partial charge in [0.15, 0.2) is 0 Å². The van der Waals surface area contributed by atoms with E-state index in [9.17, 15) is 0 Å². The minimum Gasteiger partial charge on any atom is -0.366 e. The molecule has 4 bridgehead atoms. The third kappa shape index (κ3) is 3.62. The Kier molecular flexibility index (Phi) is 5.21. The molecule has 2 aromatic rings. The van der Waals surface area contributed by atoms with Crippen LogP contribution in [0.5, 0.6) is 0 Å². The average molecular weight is 459 g/mol. The fraction of sp³-hybridized carbons (Fsp3) is 0.581. The maximum Gasteiger partial charge on any atom is 0.134 e. The Morgan fingerprint density at radius 3 is 2.18 bits per heavy atom. The van der Waals surface area contributed by atoms with Crippen molar-refractivity contribution in [1.82, 2.24) is 0 Å². The lowest BCUT2D eigenvalue weighted by Crippen LogP contribution is -2.48. The largest absolute Gasteiger partial charge is 0.366 e. The van der Waals surface area contributed by atoms with Gasteiger partial charge < -0.3 is 4.90 Å². The molecule has 2 nitrogen and oxygen atoms in total. The predicted octanol–water partition coefficient (Wildman–Crippen LogP) is 8.16. The SMILES string of the molecule is CCN1c2cc(F)c(C=Nc3ccc(C45CC6CC(CC(C6)C4)C5)cc3)cc2C(C)CC1(C)C. The second-order valence-corrected chi connectivity index (χ2v) is 12.6.